The molecule has 1 aromatic carbocycles. The zero-order valence-corrected chi connectivity index (χ0v) is 13.1. The van der Waals surface area contributed by atoms with Crippen molar-refractivity contribution >= 4 is 15.9 Å². The van der Waals surface area contributed by atoms with Crippen molar-refractivity contribution in [3.05, 3.63) is 28.2 Å². The Labute approximate surface area is 122 Å². The zero-order chi connectivity index (χ0) is 14.3. The van der Waals surface area contributed by atoms with Gasteiger partial charge in [-0.3, -0.25) is 0 Å². The third-order valence-corrected chi connectivity index (χ3v) is 3.00. The molecule has 0 aliphatic heterocycles. The fourth-order valence-corrected chi connectivity index (χ4v) is 2.03. The molecule has 0 heterocycles. The summed E-state index contributed by atoms with van der Waals surface area (Å²) in [5.41, 5.74) is 0.737. The van der Waals surface area contributed by atoms with Gasteiger partial charge in [-0.25, -0.2) is 0 Å². The third-order valence-electron chi connectivity index (χ3n) is 2.50. The standard InChI is InChI=1S/C14H21BrO4/c1-4-17-14(18-5-2)9-19-13-7-6-11(15)8-12(13)10(3)16/h6-8,10,14,16H,4-5,9H2,1-3H3. The third kappa shape index (κ3) is 5.48. The molecule has 1 unspecified atom stereocenters. The second-order valence-corrected chi connectivity index (χ2v) is 4.93. The first-order chi connectivity index (χ1) is 9.08. The number of halogens is 1. The molecule has 1 atom stereocenters. The van der Waals surface area contributed by atoms with Crippen LogP contribution in [0.3, 0.4) is 0 Å². The molecule has 0 aliphatic rings. The first-order valence-corrected chi connectivity index (χ1v) is 7.21. The summed E-state index contributed by atoms with van der Waals surface area (Å²) in [5, 5.41) is 9.74. The van der Waals surface area contributed by atoms with Crippen molar-refractivity contribution in [3.63, 3.8) is 0 Å². The van der Waals surface area contributed by atoms with Gasteiger partial charge in [0.25, 0.3) is 0 Å². The van der Waals surface area contributed by atoms with Gasteiger partial charge in [0.15, 0.2) is 6.29 Å². The smallest absolute Gasteiger partial charge is 0.191 e. The monoisotopic (exact) mass is 332 g/mol. The first kappa shape index (κ1) is 16.4. The van der Waals surface area contributed by atoms with Crippen molar-refractivity contribution in [1.82, 2.24) is 0 Å². The van der Waals surface area contributed by atoms with Gasteiger partial charge >= 0.3 is 0 Å². The number of aliphatic hydroxyl groups excluding tert-OH is 1. The van der Waals surface area contributed by atoms with Crippen LogP contribution in [-0.2, 0) is 9.47 Å². The topological polar surface area (TPSA) is 47.9 Å². The van der Waals surface area contributed by atoms with E-state index in [0.717, 1.165) is 10.0 Å². The van der Waals surface area contributed by atoms with Crippen LogP contribution in [0.1, 0.15) is 32.4 Å². The highest BCUT2D eigenvalue weighted by molar-refractivity contribution is 9.10. The molecule has 0 fully saturated rings. The molecular formula is C14H21BrO4. The Hall–Kier alpha value is -0.620. The Kier molecular flexibility index (Phi) is 7.38. The number of hydrogen-bond donors (Lipinski definition) is 1. The van der Waals surface area contributed by atoms with Gasteiger partial charge in [-0.1, -0.05) is 15.9 Å². The summed E-state index contributed by atoms with van der Waals surface area (Å²) >= 11 is 3.38. The molecule has 0 amide bonds. The van der Waals surface area contributed by atoms with Gasteiger partial charge in [0.2, 0.25) is 0 Å². The summed E-state index contributed by atoms with van der Waals surface area (Å²) in [5.74, 6) is 0.641. The van der Waals surface area contributed by atoms with Gasteiger partial charge in [-0.15, -0.1) is 0 Å². The van der Waals surface area contributed by atoms with Gasteiger partial charge in [0.1, 0.15) is 12.4 Å². The lowest BCUT2D eigenvalue weighted by Crippen LogP contribution is -2.25. The minimum atomic E-state index is -0.592. The van der Waals surface area contributed by atoms with Crippen LogP contribution in [-0.4, -0.2) is 31.2 Å². The van der Waals surface area contributed by atoms with Gasteiger partial charge in [0, 0.05) is 23.2 Å². The van der Waals surface area contributed by atoms with Crippen LogP contribution in [0.2, 0.25) is 0 Å². The van der Waals surface area contributed by atoms with E-state index in [1.54, 1.807) is 6.92 Å². The van der Waals surface area contributed by atoms with E-state index in [1.807, 2.05) is 32.0 Å². The van der Waals surface area contributed by atoms with E-state index < -0.39 is 6.10 Å². The van der Waals surface area contributed by atoms with E-state index in [0.29, 0.717) is 25.6 Å². The average Bonchev–Trinajstić information content (AvgIpc) is 2.37. The molecule has 1 N–H and O–H groups in total. The summed E-state index contributed by atoms with van der Waals surface area (Å²) < 4.78 is 17.4. The Bertz CT molecular complexity index is 376. The summed E-state index contributed by atoms with van der Waals surface area (Å²) in [6.45, 7) is 6.95. The Balaban J connectivity index is 2.70. The lowest BCUT2D eigenvalue weighted by atomic mass is 10.1. The summed E-state index contributed by atoms with van der Waals surface area (Å²) in [7, 11) is 0. The van der Waals surface area contributed by atoms with Crippen LogP contribution in [0.15, 0.2) is 22.7 Å². The molecule has 1 rings (SSSR count). The van der Waals surface area contributed by atoms with E-state index in [4.69, 9.17) is 14.2 Å². The number of aliphatic hydroxyl groups is 1. The van der Waals surface area contributed by atoms with Crippen molar-refractivity contribution in [1.29, 1.82) is 0 Å². The highest BCUT2D eigenvalue weighted by Crippen LogP contribution is 2.28. The van der Waals surface area contributed by atoms with Crippen molar-refractivity contribution in [2.24, 2.45) is 0 Å². The zero-order valence-electron chi connectivity index (χ0n) is 11.6. The summed E-state index contributed by atoms with van der Waals surface area (Å²) in [4.78, 5) is 0. The fourth-order valence-electron chi connectivity index (χ4n) is 1.65. The van der Waals surface area contributed by atoms with Crippen molar-refractivity contribution in [2.75, 3.05) is 19.8 Å². The van der Waals surface area contributed by atoms with Crippen LogP contribution < -0.4 is 4.74 Å². The van der Waals surface area contributed by atoms with Gasteiger partial charge in [0.05, 0.1) is 6.10 Å². The maximum Gasteiger partial charge on any atom is 0.191 e. The number of hydrogen-bond acceptors (Lipinski definition) is 4. The Morgan fingerprint density at radius 2 is 1.84 bits per heavy atom. The molecular weight excluding hydrogens is 312 g/mol. The summed E-state index contributed by atoms with van der Waals surface area (Å²) in [6.07, 6.45) is -0.981. The number of ether oxygens (including phenoxy) is 3. The highest BCUT2D eigenvalue weighted by atomic mass is 79.9. The molecule has 0 aromatic heterocycles. The quantitative estimate of drug-likeness (QED) is 0.742. The van der Waals surface area contributed by atoms with Gasteiger partial charge in [-0.2, -0.15) is 0 Å². The van der Waals surface area contributed by atoms with E-state index in [2.05, 4.69) is 15.9 Å². The van der Waals surface area contributed by atoms with Crippen molar-refractivity contribution in [2.45, 2.75) is 33.2 Å². The maximum atomic E-state index is 9.74. The molecule has 0 radical (unpaired) electrons. The van der Waals surface area contributed by atoms with Crippen molar-refractivity contribution < 1.29 is 19.3 Å². The molecule has 0 spiro atoms. The summed E-state index contributed by atoms with van der Waals surface area (Å²) in [6, 6.07) is 5.54. The molecule has 5 heteroatoms. The molecule has 1 aromatic rings. The largest absolute Gasteiger partial charge is 0.488 e. The SMILES string of the molecule is CCOC(COc1ccc(Br)cc1C(C)O)OCC. The minimum absolute atomic E-state index is 0.295. The highest BCUT2D eigenvalue weighted by Gasteiger charge is 2.13. The van der Waals surface area contributed by atoms with Gasteiger partial charge in [-0.05, 0) is 39.0 Å². The van der Waals surface area contributed by atoms with E-state index in [-0.39, 0.29) is 6.29 Å². The Morgan fingerprint density at radius 1 is 1.21 bits per heavy atom. The number of benzene rings is 1. The lowest BCUT2D eigenvalue weighted by molar-refractivity contribution is -0.152. The second-order valence-electron chi connectivity index (χ2n) is 4.01. The van der Waals surface area contributed by atoms with Crippen LogP contribution >= 0.6 is 15.9 Å². The lowest BCUT2D eigenvalue weighted by Gasteiger charge is -2.19. The van der Waals surface area contributed by atoms with Crippen LogP contribution in [0.4, 0.5) is 0 Å². The van der Waals surface area contributed by atoms with Crippen molar-refractivity contribution in [3.8, 4) is 5.75 Å². The second kappa shape index (κ2) is 8.53. The van der Waals surface area contributed by atoms with E-state index in [9.17, 15) is 5.11 Å². The molecule has 0 saturated heterocycles. The first-order valence-electron chi connectivity index (χ1n) is 6.42. The minimum Gasteiger partial charge on any atom is -0.488 e. The number of rotatable bonds is 8. The maximum absolute atomic E-state index is 9.74. The van der Waals surface area contributed by atoms with E-state index >= 15 is 0 Å². The van der Waals surface area contributed by atoms with Crippen LogP contribution in [0.5, 0.6) is 5.75 Å². The molecule has 0 bridgehead atoms. The predicted octanol–water partition coefficient (Wildman–Crippen LogP) is 3.28. The molecule has 0 saturated carbocycles. The van der Waals surface area contributed by atoms with E-state index in [1.165, 1.54) is 0 Å². The predicted molar refractivity (Wildman–Crippen MR) is 77.3 cm³/mol. The molecule has 108 valence electrons. The Morgan fingerprint density at radius 3 is 2.37 bits per heavy atom. The van der Waals surface area contributed by atoms with Gasteiger partial charge < -0.3 is 19.3 Å². The fraction of sp³-hybridized carbons (Fsp3) is 0.571. The molecule has 0 aliphatic carbocycles. The van der Waals surface area contributed by atoms with Crippen LogP contribution in [0.25, 0.3) is 0 Å². The van der Waals surface area contributed by atoms with Crippen LogP contribution in [0, 0.1) is 0 Å². The molecule has 4 nitrogen and oxygen atoms in total. The normalized spacial score (nSPS) is 12.7. The molecule has 19 heavy (non-hydrogen) atoms. The average molecular weight is 333 g/mol.